The highest BCUT2D eigenvalue weighted by Crippen LogP contribution is 2.17. The zero-order chi connectivity index (χ0) is 9.26. The van der Waals surface area contributed by atoms with E-state index in [1.54, 1.807) is 6.20 Å². The summed E-state index contributed by atoms with van der Waals surface area (Å²) in [5.74, 6) is 0. The van der Waals surface area contributed by atoms with E-state index in [1.807, 2.05) is 0 Å². The van der Waals surface area contributed by atoms with Crippen LogP contribution in [0.3, 0.4) is 0 Å². The van der Waals surface area contributed by atoms with Crippen LogP contribution in [0.1, 0.15) is 4.88 Å². The Labute approximate surface area is 86.4 Å². The Morgan fingerprint density at radius 3 is 3.00 bits per heavy atom. The molecule has 2 aromatic heterocycles. The Hall–Kier alpha value is -0.720. The van der Waals surface area contributed by atoms with E-state index in [1.165, 1.54) is 21.5 Å². The summed E-state index contributed by atoms with van der Waals surface area (Å²) in [5.41, 5.74) is 1.52. The minimum absolute atomic E-state index is 0.0653. The first-order valence-corrected chi connectivity index (χ1v) is 5.44. The molecule has 2 heterocycles. The first kappa shape index (κ1) is 8.86. The Morgan fingerprint density at radius 1 is 1.62 bits per heavy atom. The molecule has 0 fully saturated rings. The van der Waals surface area contributed by atoms with Gasteiger partial charge in [-0.2, -0.15) is 5.10 Å². The summed E-state index contributed by atoms with van der Waals surface area (Å²) >= 11 is 8.07. The maximum atomic E-state index is 11.1. The molecule has 0 aromatic carbocycles. The molecule has 0 atom stereocenters. The first-order valence-electron chi connectivity index (χ1n) is 3.36. The van der Waals surface area contributed by atoms with E-state index in [-0.39, 0.29) is 4.87 Å². The lowest BCUT2D eigenvalue weighted by Crippen LogP contribution is -2.14. The SMILES string of the molecule is O=c1scnn1Cc1cnc(Cl)s1. The van der Waals surface area contributed by atoms with Crippen LogP contribution in [-0.2, 0) is 6.54 Å². The molecule has 2 aromatic rings. The van der Waals surface area contributed by atoms with Gasteiger partial charge in [0.15, 0.2) is 4.47 Å². The van der Waals surface area contributed by atoms with Gasteiger partial charge < -0.3 is 0 Å². The minimum atomic E-state index is -0.0653. The Morgan fingerprint density at radius 2 is 2.46 bits per heavy atom. The molecule has 2 rings (SSSR count). The predicted molar refractivity (Wildman–Crippen MR) is 52.6 cm³/mol. The van der Waals surface area contributed by atoms with Crippen molar-refractivity contribution in [3.8, 4) is 0 Å². The van der Waals surface area contributed by atoms with E-state index in [4.69, 9.17) is 11.6 Å². The number of halogens is 1. The Kier molecular flexibility index (Phi) is 2.43. The molecular weight excluding hydrogens is 230 g/mol. The molecule has 0 spiro atoms. The molecule has 0 amide bonds. The second-order valence-corrected chi connectivity index (χ2v) is 4.73. The van der Waals surface area contributed by atoms with Crippen LogP contribution in [-0.4, -0.2) is 14.8 Å². The molecule has 0 N–H and O–H groups in total. The molecule has 0 bridgehead atoms. The summed E-state index contributed by atoms with van der Waals surface area (Å²) in [4.78, 5) is 15.8. The summed E-state index contributed by atoms with van der Waals surface area (Å²) in [6, 6.07) is 0. The van der Waals surface area contributed by atoms with Crippen LogP contribution in [0.4, 0.5) is 0 Å². The van der Waals surface area contributed by atoms with Crippen LogP contribution >= 0.6 is 34.3 Å². The molecule has 0 aliphatic carbocycles. The summed E-state index contributed by atoms with van der Waals surface area (Å²) < 4.78 is 1.87. The third kappa shape index (κ3) is 1.96. The van der Waals surface area contributed by atoms with Crippen LogP contribution in [0, 0.1) is 0 Å². The van der Waals surface area contributed by atoms with E-state index >= 15 is 0 Å². The predicted octanol–water partition coefficient (Wildman–Crippen LogP) is 1.46. The summed E-state index contributed by atoms with van der Waals surface area (Å²) in [5, 5.41) is 3.88. The van der Waals surface area contributed by atoms with Gasteiger partial charge in [-0.05, 0) is 0 Å². The fraction of sp³-hybridized carbons (Fsp3) is 0.167. The van der Waals surface area contributed by atoms with E-state index in [0.717, 1.165) is 16.2 Å². The highest BCUT2D eigenvalue weighted by molar-refractivity contribution is 7.15. The van der Waals surface area contributed by atoms with Gasteiger partial charge in [0.25, 0.3) is 0 Å². The molecule has 4 nitrogen and oxygen atoms in total. The number of hydrogen-bond donors (Lipinski definition) is 0. The van der Waals surface area contributed by atoms with E-state index < -0.39 is 0 Å². The van der Waals surface area contributed by atoms with Gasteiger partial charge in [-0.1, -0.05) is 22.9 Å². The molecule has 0 aliphatic rings. The smallest absolute Gasteiger partial charge is 0.255 e. The Bertz CT molecular complexity index is 460. The number of thiazole rings is 1. The highest BCUT2D eigenvalue weighted by atomic mass is 35.5. The molecule has 68 valence electrons. The molecule has 0 unspecified atom stereocenters. The van der Waals surface area contributed by atoms with Crippen molar-refractivity contribution in [2.24, 2.45) is 0 Å². The zero-order valence-electron chi connectivity index (χ0n) is 6.31. The van der Waals surface area contributed by atoms with Crippen LogP contribution in [0.5, 0.6) is 0 Å². The zero-order valence-corrected chi connectivity index (χ0v) is 8.70. The van der Waals surface area contributed by atoms with Gasteiger partial charge in [0.1, 0.15) is 5.51 Å². The lowest BCUT2D eigenvalue weighted by Gasteiger charge is -1.92. The summed E-state index contributed by atoms with van der Waals surface area (Å²) in [7, 11) is 0. The van der Waals surface area contributed by atoms with E-state index in [9.17, 15) is 4.79 Å². The fourth-order valence-corrected chi connectivity index (χ4v) is 2.29. The molecule has 0 saturated heterocycles. The topological polar surface area (TPSA) is 47.8 Å². The molecule has 0 radical (unpaired) electrons. The van der Waals surface area contributed by atoms with Crippen LogP contribution < -0.4 is 4.87 Å². The lowest BCUT2D eigenvalue weighted by atomic mass is 10.5. The Balaban J connectivity index is 2.24. The van der Waals surface area contributed by atoms with E-state index in [2.05, 4.69) is 10.1 Å². The van der Waals surface area contributed by atoms with Crippen molar-refractivity contribution in [1.82, 2.24) is 14.8 Å². The van der Waals surface area contributed by atoms with Crippen molar-refractivity contribution < 1.29 is 0 Å². The van der Waals surface area contributed by atoms with Gasteiger partial charge >= 0.3 is 4.87 Å². The van der Waals surface area contributed by atoms with Gasteiger partial charge in [-0.25, -0.2) is 9.67 Å². The van der Waals surface area contributed by atoms with Gasteiger partial charge in [0.2, 0.25) is 0 Å². The van der Waals surface area contributed by atoms with Crippen molar-refractivity contribution in [2.45, 2.75) is 6.54 Å². The van der Waals surface area contributed by atoms with Crippen LogP contribution in [0.25, 0.3) is 0 Å². The van der Waals surface area contributed by atoms with Gasteiger partial charge in [-0.3, -0.25) is 4.79 Å². The van der Waals surface area contributed by atoms with Crippen molar-refractivity contribution >= 4 is 34.3 Å². The standard InChI is InChI=1S/C6H4ClN3OS2/c7-5-8-1-4(13-5)2-10-6(11)12-3-9-10/h1,3H,2H2. The lowest BCUT2D eigenvalue weighted by molar-refractivity contribution is 0.673. The van der Waals surface area contributed by atoms with E-state index in [0.29, 0.717) is 11.0 Å². The number of aromatic nitrogens is 3. The maximum Gasteiger partial charge on any atom is 0.325 e. The average Bonchev–Trinajstić information content (AvgIpc) is 2.64. The first-order chi connectivity index (χ1) is 6.25. The monoisotopic (exact) mass is 233 g/mol. The number of hydrogen-bond acceptors (Lipinski definition) is 5. The third-order valence-corrected chi connectivity index (χ3v) is 3.09. The van der Waals surface area contributed by atoms with Crippen molar-refractivity contribution in [3.05, 3.63) is 30.7 Å². The third-order valence-electron chi connectivity index (χ3n) is 1.38. The molecule has 13 heavy (non-hydrogen) atoms. The van der Waals surface area contributed by atoms with Crippen LogP contribution in [0.2, 0.25) is 4.47 Å². The number of rotatable bonds is 2. The quantitative estimate of drug-likeness (QED) is 0.789. The largest absolute Gasteiger partial charge is 0.325 e. The second-order valence-electron chi connectivity index (χ2n) is 2.24. The normalized spacial score (nSPS) is 10.5. The van der Waals surface area contributed by atoms with Gasteiger partial charge in [-0.15, -0.1) is 11.3 Å². The van der Waals surface area contributed by atoms with Crippen LogP contribution in [0.15, 0.2) is 16.5 Å². The second kappa shape index (κ2) is 3.57. The molecule has 0 saturated carbocycles. The minimum Gasteiger partial charge on any atom is -0.255 e. The van der Waals surface area contributed by atoms with Gasteiger partial charge in [0.05, 0.1) is 6.54 Å². The summed E-state index contributed by atoms with van der Waals surface area (Å²) in [6.07, 6.45) is 1.65. The van der Waals surface area contributed by atoms with Crippen molar-refractivity contribution in [2.75, 3.05) is 0 Å². The molecule has 7 heteroatoms. The maximum absolute atomic E-state index is 11.1. The van der Waals surface area contributed by atoms with Gasteiger partial charge in [0, 0.05) is 11.1 Å². The molecular formula is C6H4ClN3OS2. The fourth-order valence-electron chi connectivity index (χ4n) is 0.843. The average molecular weight is 234 g/mol. The summed E-state index contributed by atoms with van der Waals surface area (Å²) in [6.45, 7) is 0.451. The van der Waals surface area contributed by atoms with Crippen molar-refractivity contribution in [1.29, 1.82) is 0 Å². The molecule has 0 aliphatic heterocycles. The van der Waals surface area contributed by atoms with Crippen molar-refractivity contribution in [3.63, 3.8) is 0 Å². The number of nitrogens with zero attached hydrogens (tertiary/aromatic N) is 3. The highest BCUT2D eigenvalue weighted by Gasteiger charge is 2.03.